The van der Waals surface area contributed by atoms with Crippen LogP contribution >= 0.6 is 11.3 Å². The van der Waals surface area contributed by atoms with Crippen LogP contribution in [0.5, 0.6) is 0 Å². The van der Waals surface area contributed by atoms with E-state index in [1.807, 2.05) is 25.2 Å². The van der Waals surface area contributed by atoms with E-state index in [1.165, 1.54) is 34.8 Å². The molecule has 1 N–H and O–H groups in total. The van der Waals surface area contributed by atoms with Crippen LogP contribution < -0.4 is 5.32 Å². The van der Waals surface area contributed by atoms with Crippen LogP contribution in [0.15, 0.2) is 0 Å². The SMILES string of the molecule is Cc1nnc(NCCc2nc3c(s2)CCCC3)c(C#N)c1C. The number of aromatic nitrogens is 3. The van der Waals surface area contributed by atoms with Gasteiger partial charge in [0.15, 0.2) is 5.82 Å². The molecule has 0 bridgehead atoms. The van der Waals surface area contributed by atoms with Gasteiger partial charge in [-0.15, -0.1) is 16.4 Å². The first-order valence-corrected chi connectivity index (χ1v) is 8.46. The fraction of sp³-hybridized carbons (Fsp3) is 0.500. The molecule has 114 valence electrons. The van der Waals surface area contributed by atoms with E-state index in [0.29, 0.717) is 11.4 Å². The molecule has 0 radical (unpaired) electrons. The van der Waals surface area contributed by atoms with E-state index < -0.39 is 0 Å². The van der Waals surface area contributed by atoms with Crippen LogP contribution in [-0.4, -0.2) is 21.7 Å². The Labute approximate surface area is 134 Å². The topological polar surface area (TPSA) is 74.5 Å². The van der Waals surface area contributed by atoms with Gasteiger partial charge >= 0.3 is 0 Å². The minimum absolute atomic E-state index is 0.576. The molecular formula is C16H19N5S. The van der Waals surface area contributed by atoms with Crippen molar-refractivity contribution in [3.8, 4) is 6.07 Å². The van der Waals surface area contributed by atoms with Gasteiger partial charge in [-0.05, 0) is 45.1 Å². The van der Waals surface area contributed by atoms with E-state index in [9.17, 15) is 5.26 Å². The molecule has 0 atom stereocenters. The summed E-state index contributed by atoms with van der Waals surface area (Å²) in [6.45, 7) is 4.49. The van der Waals surface area contributed by atoms with Crippen LogP contribution in [0.1, 0.15) is 45.2 Å². The highest BCUT2D eigenvalue weighted by Crippen LogP contribution is 2.27. The van der Waals surface area contributed by atoms with Gasteiger partial charge < -0.3 is 5.32 Å². The quantitative estimate of drug-likeness (QED) is 0.939. The summed E-state index contributed by atoms with van der Waals surface area (Å²) in [5.41, 5.74) is 3.58. The first-order chi connectivity index (χ1) is 10.7. The molecule has 0 spiro atoms. The number of nitrogens with one attached hydrogen (secondary N) is 1. The Morgan fingerprint density at radius 2 is 2.05 bits per heavy atom. The second kappa shape index (κ2) is 6.41. The molecule has 6 heteroatoms. The molecule has 22 heavy (non-hydrogen) atoms. The average molecular weight is 313 g/mol. The molecule has 1 aliphatic carbocycles. The lowest BCUT2D eigenvalue weighted by atomic mass is 10.0. The molecule has 2 heterocycles. The van der Waals surface area contributed by atoms with E-state index in [1.54, 1.807) is 0 Å². The Hall–Kier alpha value is -2.00. The second-order valence-corrected chi connectivity index (χ2v) is 6.78. The first kappa shape index (κ1) is 14.9. The molecule has 0 fully saturated rings. The lowest BCUT2D eigenvalue weighted by molar-refractivity contribution is 0.680. The number of thiazole rings is 1. The molecule has 2 aromatic heterocycles. The van der Waals surface area contributed by atoms with Crippen LogP contribution in [0.4, 0.5) is 5.82 Å². The maximum atomic E-state index is 9.28. The predicted octanol–water partition coefficient (Wildman–Crippen LogP) is 2.96. The number of hydrogen-bond donors (Lipinski definition) is 1. The van der Waals surface area contributed by atoms with E-state index in [0.717, 1.165) is 30.6 Å². The van der Waals surface area contributed by atoms with E-state index in [-0.39, 0.29) is 0 Å². The third-order valence-corrected chi connectivity index (χ3v) is 5.30. The Balaban J connectivity index is 1.65. The van der Waals surface area contributed by atoms with E-state index in [4.69, 9.17) is 4.98 Å². The van der Waals surface area contributed by atoms with Gasteiger partial charge in [-0.2, -0.15) is 10.4 Å². The highest BCUT2D eigenvalue weighted by molar-refractivity contribution is 7.11. The molecule has 0 unspecified atom stereocenters. The normalized spacial score (nSPS) is 13.5. The number of rotatable bonds is 4. The zero-order chi connectivity index (χ0) is 15.5. The average Bonchev–Trinajstić information content (AvgIpc) is 2.93. The van der Waals surface area contributed by atoms with Gasteiger partial charge in [0, 0.05) is 17.8 Å². The van der Waals surface area contributed by atoms with Gasteiger partial charge in [0.1, 0.15) is 11.6 Å². The van der Waals surface area contributed by atoms with Crippen molar-refractivity contribution in [3.05, 3.63) is 32.4 Å². The molecule has 0 saturated heterocycles. The second-order valence-electron chi connectivity index (χ2n) is 5.61. The third-order valence-electron chi connectivity index (χ3n) is 4.09. The van der Waals surface area contributed by atoms with E-state index in [2.05, 4.69) is 21.6 Å². The summed E-state index contributed by atoms with van der Waals surface area (Å²) < 4.78 is 0. The predicted molar refractivity (Wildman–Crippen MR) is 87.2 cm³/mol. The molecule has 0 saturated carbocycles. The minimum atomic E-state index is 0.576. The molecule has 5 nitrogen and oxygen atoms in total. The summed E-state index contributed by atoms with van der Waals surface area (Å²) in [5, 5.41) is 21.9. The van der Waals surface area contributed by atoms with Crippen LogP contribution in [-0.2, 0) is 19.3 Å². The fourth-order valence-corrected chi connectivity index (χ4v) is 3.83. The van der Waals surface area contributed by atoms with Crippen molar-refractivity contribution in [2.24, 2.45) is 0 Å². The summed E-state index contributed by atoms with van der Waals surface area (Å²) in [7, 11) is 0. The Kier molecular flexibility index (Phi) is 4.34. The number of nitrogens with zero attached hydrogens (tertiary/aromatic N) is 4. The summed E-state index contributed by atoms with van der Waals surface area (Å²) in [6.07, 6.45) is 5.72. The van der Waals surface area contributed by atoms with Crippen LogP contribution in [0.2, 0.25) is 0 Å². The summed E-state index contributed by atoms with van der Waals surface area (Å²) in [6, 6.07) is 2.22. The molecule has 2 aromatic rings. The van der Waals surface area contributed by atoms with Gasteiger partial charge in [-0.3, -0.25) is 0 Å². The zero-order valence-electron chi connectivity index (χ0n) is 12.9. The van der Waals surface area contributed by atoms with Crippen molar-refractivity contribution in [2.75, 3.05) is 11.9 Å². The smallest absolute Gasteiger partial charge is 0.166 e. The van der Waals surface area contributed by atoms with Crippen molar-refractivity contribution in [1.82, 2.24) is 15.2 Å². The number of fused-ring (bicyclic) bond motifs is 1. The summed E-state index contributed by atoms with van der Waals surface area (Å²) in [5.74, 6) is 0.576. The van der Waals surface area contributed by atoms with Crippen molar-refractivity contribution in [3.63, 3.8) is 0 Å². The maximum Gasteiger partial charge on any atom is 0.166 e. The maximum absolute atomic E-state index is 9.28. The molecule has 0 aromatic carbocycles. The molecule has 1 aliphatic rings. The monoisotopic (exact) mass is 313 g/mol. The van der Waals surface area contributed by atoms with Crippen LogP contribution in [0.3, 0.4) is 0 Å². The van der Waals surface area contributed by atoms with Crippen molar-refractivity contribution < 1.29 is 0 Å². The Morgan fingerprint density at radius 1 is 1.23 bits per heavy atom. The van der Waals surface area contributed by atoms with Crippen molar-refractivity contribution in [2.45, 2.75) is 46.0 Å². The number of nitriles is 1. The Bertz CT molecular complexity index is 705. The molecular weight excluding hydrogens is 294 g/mol. The van der Waals surface area contributed by atoms with Gasteiger partial charge in [0.05, 0.1) is 16.4 Å². The van der Waals surface area contributed by atoms with Gasteiger partial charge in [-0.1, -0.05) is 0 Å². The van der Waals surface area contributed by atoms with Crippen LogP contribution in [0.25, 0.3) is 0 Å². The molecule has 3 rings (SSSR count). The van der Waals surface area contributed by atoms with Crippen molar-refractivity contribution >= 4 is 17.2 Å². The highest BCUT2D eigenvalue weighted by atomic mass is 32.1. The minimum Gasteiger partial charge on any atom is -0.367 e. The third kappa shape index (κ3) is 2.95. The largest absolute Gasteiger partial charge is 0.367 e. The lowest BCUT2D eigenvalue weighted by Crippen LogP contribution is -2.10. The zero-order valence-corrected chi connectivity index (χ0v) is 13.8. The fourth-order valence-electron chi connectivity index (χ4n) is 2.67. The highest BCUT2D eigenvalue weighted by Gasteiger charge is 2.15. The van der Waals surface area contributed by atoms with Crippen molar-refractivity contribution in [1.29, 1.82) is 5.26 Å². The lowest BCUT2D eigenvalue weighted by Gasteiger charge is -2.08. The first-order valence-electron chi connectivity index (χ1n) is 7.64. The van der Waals surface area contributed by atoms with Gasteiger partial charge in [0.2, 0.25) is 0 Å². The number of anilines is 1. The standard InChI is InChI=1S/C16H19N5S/c1-10-11(2)20-21-16(12(10)9-17)18-8-7-15-19-13-5-3-4-6-14(13)22-15/h3-8H2,1-2H3,(H,18,21). The molecule has 0 aliphatic heterocycles. The van der Waals surface area contributed by atoms with Crippen LogP contribution in [0, 0.1) is 25.2 Å². The van der Waals surface area contributed by atoms with E-state index >= 15 is 0 Å². The Morgan fingerprint density at radius 3 is 2.82 bits per heavy atom. The number of aryl methyl sites for hydroxylation is 3. The molecule has 0 amide bonds. The summed E-state index contributed by atoms with van der Waals surface area (Å²) >= 11 is 1.83. The van der Waals surface area contributed by atoms with Gasteiger partial charge in [-0.25, -0.2) is 4.98 Å². The van der Waals surface area contributed by atoms with Gasteiger partial charge in [0.25, 0.3) is 0 Å². The summed E-state index contributed by atoms with van der Waals surface area (Å²) in [4.78, 5) is 6.20. The number of hydrogen-bond acceptors (Lipinski definition) is 6.